The number of hydrogen-bond donors (Lipinski definition) is 1. The molecular weight excluding hydrogens is 282 g/mol. The van der Waals surface area contributed by atoms with Gasteiger partial charge in [0.1, 0.15) is 5.69 Å². The highest BCUT2D eigenvalue weighted by atomic mass is 16.4. The molecule has 0 unspecified atom stereocenters. The van der Waals surface area contributed by atoms with Crippen LogP contribution in [0, 0.1) is 0 Å². The Morgan fingerprint density at radius 2 is 2.18 bits per heavy atom. The van der Waals surface area contributed by atoms with Crippen molar-refractivity contribution in [2.45, 2.75) is 6.42 Å². The average molecular weight is 297 g/mol. The van der Waals surface area contributed by atoms with Gasteiger partial charge in [0.15, 0.2) is 5.58 Å². The lowest BCUT2D eigenvalue weighted by Gasteiger charge is -2.05. The van der Waals surface area contributed by atoms with E-state index in [-0.39, 0.29) is 11.7 Å². The van der Waals surface area contributed by atoms with E-state index in [1.807, 2.05) is 18.2 Å². The largest absolute Gasteiger partial charge is 0.419 e. The van der Waals surface area contributed by atoms with Crippen LogP contribution in [0.1, 0.15) is 16.1 Å². The molecule has 0 saturated carbocycles. The Hall–Kier alpha value is -2.89. The van der Waals surface area contributed by atoms with Gasteiger partial charge in [0.25, 0.3) is 5.91 Å². The van der Waals surface area contributed by atoms with E-state index in [9.17, 15) is 9.59 Å². The SMILES string of the molecule is Cn1c(=O)oc2cc(CCNC(=O)c3ccccn3)ccc21. The molecule has 0 spiro atoms. The minimum Gasteiger partial charge on any atom is -0.408 e. The fourth-order valence-corrected chi connectivity index (χ4v) is 2.24. The van der Waals surface area contributed by atoms with Gasteiger partial charge >= 0.3 is 5.76 Å². The number of oxazole rings is 1. The summed E-state index contributed by atoms with van der Waals surface area (Å²) in [6.07, 6.45) is 2.23. The lowest BCUT2D eigenvalue weighted by Crippen LogP contribution is -2.26. The molecule has 0 atom stereocenters. The second-order valence-electron chi connectivity index (χ2n) is 4.95. The molecule has 1 N–H and O–H groups in total. The summed E-state index contributed by atoms with van der Waals surface area (Å²) in [6.45, 7) is 0.484. The summed E-state index contributed by atoms with van der Waals surface area (Å²) in [5, 5.41) is 2.81. The average Bonchev–Trinajstić information content (AvgIpc) is 2.82. The summed E-state index contributed by atoms with van der Waals surface area (Å²) < 4.78 is 6.61. The van der Waals surface area contributed by atoms with Crippen LogP contribution in [0.15, 0.2) is 51.8 Å². The zero-order chi connectivity index (χ0) is 15.5. The summed E-state index contributed by atoms with van der Waals surface area (Å²) in [5.41, 5.74) is 2.70. The molecular formula is C16H15N3O3. The van der Waals surface area contributed by atoms with Crippen LogP contribution in [0.3, 0.4) is 0 Å². The van der Waals surface area contributed by atoms with Gasteiger partial charge in [0.05, 0.1) is 5.52 Å². The number of carbonyl (C=O) groups is 1. The van der Waals surface area contributed by atoms with Crippen molar-refractivity contribution < 1.29 is 9.21 Å². The van der Waals surface area contributed by atoms with Gasteiger partial charge in [-0.3, -0.25) is 14.3 Å². The highest BCUT2D eigenvalue weighted by molar-refractivity contribution is 5.92. The van der Waals surface area contributed by atoms with E-state index in [0.717, 1.165) is 11.1 Å². The molecule has 2 heterocycles. The Kier molecular flexibility index (Phi) is 3.74. The van der Waals surface area contributed by atoms with Gasteiger partial charge in [-0.1, -0.05) is 12.1 Å². The molecule has 6 nitrogen and oxygen atoms in total. The number of carbonyl (C=O) groups excluding carboxylic acids is 1. The number of aryl methyl sites for hydroxylation is 1. The standard InChI is InChI=1S/C16H15N3O3/c1-19-13-6-5-11(10-14(13)22-16(19)21)7-9-18-15(20)12-4-2-3-8-17-12/h2-6,8,10H,7,9H2,1H3,(H,18,20). The molecule has 6 heteroatoms. The summed E-state index contributed by atoms with van der Waals surface area (Å²) in [7, 11) is 1.67. The van der Waals surface area contributed by atoms with Gasteiger partial charge in [-0.05, 0) is 36.2 Å². The Labute approximate surface area is 126 Å². The summed E-state index contributed by atoms with van der Waals surface area (Å²) in [4.78, 5) is 27.3. The number of rotatable bonds is 4. The van der Waals surface area contributed by atoms with Crippen LogP contribution >= 0.6 is 0 Å². The van der Waals surface area contributed by atoms with Gasteiger partial charge in [-0.2, -0.15) is 0 Å². The van der Waals surface area contributed by atoms with Crippen LogP contribution in [-0.4, -0.2) is 22.0 Å². The fourth-order valence-electron chi connectivity index (χ4n) is 2.24. The summed E-state index contributed by atoms with van der Waals surface area (Å²) in [6, 6.07) is 10.8. The predicted molar refractivity (Wildman–Crippen MR) is 81.7 cm³/mol. The van der Waals surface area contributed by atoms with Gasteiger partial charge in [-0.15, -0.1) is 0 Å². The molecule has 3 aromatic rings. The molecule has 112 valence electrons. The molecule has 1 amide bonds. The van der Waals surface area contributed by atoms with E-state index in [0.29, 0.717) is 24.2 Å². The van der Waals surface area contributed by atoms with Gasteiger partial charge < -0.3 is 9.73 Å². The van der Waals surface area contributed by atoms with E-state index in [2.05, 4.69) is 10.3 Å². The normalized spacial score (nSPS) is 10.8. The number of fused-ring (bicyclic) bond motifs is 1. The second-order valence-corrected chi connectivity index (χ2v) is 4.95. The highest BCUT2D eigenvalue weighted by Crippen LogP contribution is 2.14. The molecule has 1 aromatic carbocycles. The Morgan fingerprint density at radius 1 is 1.32 bits per heavy atom. The van der Waals surface area contributed by atoms with Crippen molar-refractivity contribution >= 4 is 17.0 Å². The van der Waals surface area contributed by atoms with E-state index >= 15 is 0 Å². The van der Waals surface area contributed by atoms with Crippen molar-refractivity contribution in [1.82, 2.24) is 14.9 Å². The molecule has 0 aliphatic carbocycles. The van der Waals surface area contributed by atoms with Crippen LogP contribution in [0.25, 0.3) is 11.1 Å². The maximum Gasteiger partial charge on any atom is 0.419 e. The summed E-state index contributed by atoms with van der Waals surface area (Å²) in [5.74, 6) is -0.580. The van der Waals surface area contributed by atoms with Gasteiger partial charge in [0, 0.05) is 19.8 Å². The minimum atomic E-state index is -0.379. The first-order valence-electron chi connectivity index (χ1n) is 6.93. The fraction of sp³-hybridized carbons (Fsp3) is 0.188. The topological polar surface area (TPSA) is 77.1 Å². The lowest BCUT2D eigenvalue weighted by atomic mass is 10.1. The number of hydrogen-bond acceptors (Lipinski definition) is 4. The first-order valence-corrected chi connectivity index (χ1v) is 6.93. The van der Waals surface area contributed by atoms with E-state index in [4.69, 9.17) is 4.42 Å². The zero-order valence-electron chi connectivity index (χ0n) is 12.1. The van der Waals surface area contributed by atoms with Crippen molar-refractivity contribution in [3.63, 3.8) is 0 Å². The third kappa shape index (κ3) is 2.76. The summed E-state index contributed by atoms with van der Waals surface area (Å²) >= 11 is 0. The lowest BCUT2D eigenvalue weighted by molar-refractivity contribution is 0.0949. The first-order chi connectivity index (χ1) is 10.6. The Morgan fingerprint density at radius 3 is 2.95 bits per heavy atom. The van der Waals surface area contributed by atoms with Crippen molar-refractivity contribution in [3.8, 4) is 0 Å². The minimum absolute atomic E-state index is 0.201. The third-order valence-corrected chi connectivity index (χ3v) is 3.45. The number of pyridine rings is 1. The molecule has 0 aliphatic heterocycles. The molecule has 0 radical (unpaired) electrons. The molecule has 22 heavy (non-hydrogen) atoms. The van der Waals surface area contributed by atoms with Crippen LogP contribution in [0.2, 0.25) is 0 Å². The van der Waals surface area contributed by atoms with Gasteiger partial charge in [0.2, 0.25) is 0 Å². The van der Waals surface area contributed by atoms with E-state index < -0.39 is 0 Å². The van der Waals surface area contributed by atoms with Crippen molar-refractivity contribution in [3.05, 3.63) is 64.4 Å². The molecule has 0 fully saturated rings. The molecule has 0 aliphatic rings. The van der Waals surface area contributed by atoms with E-state index in [1.54, 1.807) is 31.4 Å². The monoisotopic (exact) mass is 297 g/mol. The quantitative estimate of drug-likeness (QED) is 0.791. The zero-order valence-corrected chi connectivity index (χ0v) is 12.1. The maximum atomic E-state index is 11.9. The molecule has 0 saturated heterocycles. The molecule has 0 bridgehead atoms. The highest BCUT2D eigenvalue weighted by Gasteiger charge is 2.08. The maximum absolute atomic E-state index is 11.9. The second kappa shape index (κ2) is 5.85. The van der Waals surface area contributed by atoms with Crippen LogP contribution in [-0.2, 0) is 13.5 Å². The Bertz CT molecular complexity index is 865. The van der Waals surface area contributed by atoms with E-state index in [1.165, 1.54) is 4.57 Å². The van der Waals surface area contributed by atoms with Crippen molar-refractivity contribution in [2.75, 3.05) is 6.54 Å². The molecule has 3 rings (SSSR count). The first kappa shape index (κ1) is 14.1. The molecule has 2 aromatic heterocycles. The van der Waals surface area contributed by atoms with Crippen molar-refractivity contribution in [2.24, 2.45) is 7.05 Å². The van der Waals surface area contributed by atoms with Crippen LogP contribution in [0.5, 0.6) is 0 Å². The number of aromatic nitrogens is 2. The van der Waals surface area contributed by atoms with Crippen molar-refractivity contribution in [1.29, 1.82) is 0 Å². The third-order valence-electron chi connectivity index (χ3n) is 3.45. The number of benzene rings is 1. The number of nitrogens with zero attached hydrogens (tertiary/aromatic N) is 2. The number of nitrogens with one attached hydrogen (secondary N) is 1. The Balaban J connectivity index is 1.64. The predicted octanol–water partition coefficient (Wildman–Crippen LogP) is 1.50. The van der Waals surface area contributed by atoms with Crippen LogP contribution in [0.4, 0.5) is 0 Å². The van der Waals surface area contributed by atoms with Gasteiger partial charge in [-0.25, -0.2) is 4.79 Å². The number of amides is 1. The smallest absolute Gasteiger partial charge is 0.408 e. The van der Waals surface area contributed by atoms with Crippen LogP contribution < -0.4 is 11.1 Å².